The molecule has 0 aromatic carbocycles. The highest BCUT2D eigenvalue weighted by Crippen LogP contribution is 2.24. The van der Waals surface area contributed by atoms with Crippen LogP contribution in [0.3, 0.4) is 0 Å². The molecule has 96 valence electrons. The van der Waals surface area contributed by atoms with Crippen LogP contribution in [0.25, 0.3) is 0 Å². The van der Waals surface area contributed by atoms with Crippen LogP contribution in [0.2, 0.25) is 0 Å². The molecule has 0 heterocycles. The van der Waals surface area contributed by atoms with Crippen LogP contribution in [-0.2, 0) is 4.79 Å². The van der Waals surface area contributed by atoms with Crippen molar-refractivity contribution >= 4 is 18.3 Å². The zero-order valence-corrected chi connectivity index (χ0v) is 11.4. The third-order valence-corrected chi connectivity index (χ3v) is 3.48. The van der Waals surface area contributed by atoms with E-state index in [-0.39, 0.29) is 18.3 Å². The molecule has 3 N–H and O–H groups in total. The average Bonchev–Trinajstić information content (AvgIpc) is 2.21. The summed E-state index contributed by atoms with van der Waals surface area (Å²) in [5.41, 5.74) is 5.15. The Bertz CT molecular complexity index is 223. The van der Waals surface area contributed by atoms with Crippen molar-refractivity contribution in [2.45, 2.75) is 52.5 Å². The number of carbonyl (C=O) groups excluding carboxylic acids is 1. The Hall–Kier alpha value is -0.280. The Morgan fingerprint density at radius 2 is 1.81 bits per heavy atom. The van der Waals surface area contributed by atoms with Gasteiger partial charge in [0, 0.05) is 12.6 Å². The number of hydrogen-bond donors (Lipinski definition) is 2. The molecule has 0 bridgehead atoms. The van der Waals surface area contributed by atoms with E-state index < -0.39 is 5.41 Å². The van der Waals surface area contributed by atoms with Crippen molar-refractivity contribution in [3.8, 4) is 0 Å². The molecule has 16 heavy (non-hydrogen) atoms. The van der Waals surface area contributed by atoms with E-state index in [1.54, 1.807) is 0 Å². The minimum Gasteiger partial charge on any atom is -0.353 e. The predicted molar refractivity (Wildman–Crippen MR) is 69.6 cm³/mol. The number of rotatable bonds is 3. The second kappa shape index (κ2) is 6.45. The zero-order valence-electron chi connectivity index (χ0n) is 10.6. The van der Waals surface area contributed by atoms with E-state index in [9.17, 15) is 4.79 Å². The molecule has 1 amide bonds. The van der Waals surface area contributed by atoms with Gasteiger partial charge in [0.25, 0.3) is 0 Å². The van der Waals surface area contributed by atoms with E-state index in [0.717, 1.165) is 18.8 Å². The third kappa shape index (κ3) is 4.30. The van der Waals surface area contributed by atoms with Gasteiger partial charge in [-0.25, -0.2) is 0 Å². The SMILES string of the molecule is CC1CCC(NC(=O)C(C)(C)CN)CC1.Cl. The number of carbonyl (C=O) groups is 1. The highest BCUT2D eigenvalue weighted by molar-refractivity contribution is 5.85. The molecule has 0 atom stereocenters. The summed E-state index contributed by atoms with van der Waals surface area (Å²) in [4.78, 5) is 11.9. The normalized spacial score (nSPS) is 25.8. The minimum absolute atomic E-state index is 0. The summed E-state index contributed by atoms with van der Waals surface area (Å²) in [5.74, 6) is 0.922. The highest BCUT2D eigenvalue weighted by atomic mass is 35.5. The van der Waals surface area contributed by atoms with E-state index in [2.05, 4.69) is 12.2 Å². The number of amides is 1. The number of hydrogen-bond acceptors (Lipinski definition) is 2. The lowest BCUT2D eigenvalue weighted by Gasteiger charge is -2.30. The average molecular weight is 249 g/mol. The van der Waals surface area contributed by atoms with Gasteiger partial charge in [-0.1, -0.05) is 6.92 Å². The molecule has 0 spiro atoms. The maximum atomic E-state index is 11.9. The van der Waals surface area contributed by atoms with Gasteiger partial charge in [0.05, 0.1) is 5.41 Å². The molecule has 0 aromatic heterocycles. The van der Waals surface area contributed by atoms with Crippen LogP contribution >= 0.6 is 12.4 Å². The van der Waals surface area contributed by atoms with Gasteiger partial charge in [-0.2, -0.15) is 0 Å². The Kier molecular flexibility index (Phi) is 6.34. The van der Waals surface area contributed by atoms with Crippen molar-refractivity contribution < 1.29 is 4.79 Å². The molecule has 0 radical (unpaired) electrons. The van der Waals surface area contributed by atoms with Gasteiger partial charge < -0.3 is 11.1 Å². The fraction of sp³-hybridized carbons (Fsp3) is 0.917. The first kappa shape index (κ1) is 15.7. The van der Waals surface area contributed by atoms with E-state index in [4.69, 9.17) is 5.73 Å². The van der Waals surface area contributed by atoms with E-state index in [1.165, 1.54) is 12.8 Å². The Labute approximate surface area is 105 Å². The summed E-state index contributed by atoms with van der Waals surface area (Å²) in [5, 5.41) is 3.11. The summed E-state index contributed by atoms with van der Waals surface area (Å²) in [7, 11) is 0. The lowest BCUT2D eigenvalue weighted by Crippen LogP contribution is -2.47. The smallest absolute Gasteiger partial charge is 0.227 e. The van der Waals surface area contributed by atoms with Gasteiger partial charge in [0.1, 0.15) is 0 Å². The van der Waals surface area contributed by atoms with Crippen LogP contribution in [0.1, 0.15) is 46.5 Å². The van der Waals surface area contributed by atoms with Crippen LogP contribution < -0.4 is 11.1 Å². The number of halogens is 1. The first-order valence-electron chi connectivity index (χ1n) is 5.96. The van der Waals surface area contributed by atoms with Crippen molar-refractivity contribution in [1.82, 2.24) is 5.32 Å². The third-order valence-electron chi connectivity index (χ3n) is 3.48. The first-order valence-corrected chi connectivity index (χ1v) is 5.96. The molecule has 0 aromatic rings. The van der Waals surface area contributed by atoms with Gasteiger partial charge in [-0.05, 0) is 45.4 Å². The highest BCUT2D eigenvalue weighted by Gasteiger charge is 2.28. The fourth-order valence-corrected chi connectivity index (χ4v) is 1.88. The number of nitrogens with two attached hydrogens (primary N) is 1. The van der Waals surface area contributed by atoms with Gasteiger partial charge in [-0.3, -0.25) is 4.79 Å². The first-order chi connectivity index (χ1) is 6.95. The van der Waals surface area contributed by atoms with Gasteiger partial charge in [0.15, 0.2) is 0 Å². The molecule has 0 unspecified atom stereocenters. The minimum atomic E-state index is -0.428. The van der Waals surface area contributed by atoms with Crippen LogP contribution in [0.4, 0.5) is 0 Å². The molecule has 1 aliphatic rings. The van der Waals surface area contributed by atoms with E-state index >= 15 is 0 Å². The van der Waals surface area contributed by atoms with Crippen molar-refractivity contribution in [2.24, 2.45) is 17.1 Å². The van der Waals surface area contributed by atoms with Crippen molar-refractivity contribution in [1.29, 1.82) is 0 Å². The molecule has 1 rings (SSSR count). The Morgan fingerprint density at radius 1 is 1.31 bits per heavy atom. The monoisotopic (exact) mass is 248 g/mol. The Morgan fingerprint density at radius 3 is 2.25 bits per heavy atom. The second-order valence-electron chi connectivity index (χ2n) is 5.52. The van der Waals surface area contributed by atoms with Crippen molar-refractivity contribution in [2.75, 3.05) is 6.54 Å². The number of nitrogens with one attached hydrogen (secondary N) is 1. The van der Waals surface area contributed by atoms with Crippen LogP contribution in [0, 0.1) is 11.3 Å². The lowest BCUT2D eigenvalue weighted by molar-refractivity contribution is -0.129. The second-order valence-corrected chi connectivity index (χ2v) is 5.52. The molecule has 1 aliphatic carbocycles. The maximum Gasteiger partial charge on any atom is 0.227 e. The van der Waals surface area contributed by atoms with Gasteiger partial charge >= 0.3 is 0 Å². The fourth-order valence-electron chi connectivity index (χ4n) is 1.88. The molecular formula is C12H25ClN2O. The standard InChI is InChI=1S/C12H24N2O.ClH/c1-9-4-6-10(7-5-9)14-11(15)12(2,3)8-13;/h9-10H,4-8,13H2,1-3H3,(H,14,15);1H. The largest absolute Gasteiger partial charge is 0.353 e. The molecule has 1 saturated carbocycles. The van der Waals surface area contributed by atoms with Crippen molar-refractivity contribution in [3.63, 3.8) is 0 Å². The summed E-state index contributed by atoms with van der Waals surface area (Å²) in [6.45, 7) is 6.48. The van der Waals surface area contributed by atoms with E-state index in [1.807, 2.05) is 13.8 Å². The maximum absolute atomic E-state index is 11.9. The summed E-state index contributed by atoms with van der Waals surface area (Å²) >= 11 is 0. The van der Waals surface area contributed by atoms with Crippen LogP contribution in [0.5, 0.6) is 0 Å². The Balaban J connectivity index is 0.00000225. The molecule has 1 fully saturated rings. The zero-order chi connectivity index (χ0) is 11.5. The van der Waals surface area contributed by atoms with E-state index in [0.29, 0.717) is 12.6 Å². The summed E-state index contributed by atoms with van der Waals surface area (Å²) < 4.78 is 0. The molecule has 4 heteroatoms. The van der Waals surface area contributed by atoms with Crippen LogP contribution in [0.15, 0.2) is 0 Å². The molecule has 0 aliphatic heterocycles. The molecule has 3 nitrogen and oxygen atoms in total. The molecule has 0 saturated heterocycles. The summed E-state index contributed by atoms with van der Waals surface area (Å²) in [6, 6.07) is 0.375. The van der Waals surface area contributed by atoms with Gasteiger partial charge in [0.2, 0.25) is 5.91 Å². The van der Waals surface area contributed by atoms with Crippen molar-refractivity contribution in [3.05, 3.63) is 0 Å². The van der Waals surface area contributed by atoms with Crippen LogP contribution in [-0.4, -0.2) is 18.5 Å². The predicted octanol–water partition coefficient (Wildman–Crippen LogP) is 2.09. The quantitative estimate of drug-likeness (QED) is 0.804. The molecular weight excluding hydrogens is 224 g/mol. The lowest BCUT2D eigenvalue weighted by atomic mass is 9.86. The topological polar surface area (TPSA) is 55.1 Å². The summed E-state index contributed by atoms with van der Waals surface area (Å²) in [6.07, 6.45) is 4.70. The van der Waals surface area contributed by atoms with Gasteiger partial charge in [-0.15, -0.1) is 12.4 Å².